The zero-order valence-electron chi connectivity index (χ0n) is 17.4. The first kappa shape index (κ1) is 20.8. The van der Waals surface area contributed by atoms with E-state index in [0.29, 0.717) is 56.3 Å². The summed E-state index contributed by atoms with van der Waals surface area (Å²) in [6, 6.07) is 6.83. The van der Waals surface area contributed by atoms with Crippen LogP contribution >= 0.6 is 11.6 Å². The minimum absolute atomic E-state index is 0.0494. The molecule has 4 rings (SSSR count). The third kappa shape index (κ3) is 3.37. The van der Waals surface area contributed by atoms with E-state index in [1.807, 2.05) is 4.90 Å². The molecular weight excluding hydrogens is 406 g/mol. The van der Waals surface area contributed by atoms with Crippen LogP contribution < -0.4 is 10.6 Å². The maximum absolute atomic E-state index is 12.9. The maximum Gasteiger partial charge on any atom is 0.321 e. The predicted octanol–water partition coefficient (Wildman–Crippen LogP) is 2.46. The van der Waals surface area contributed by atoms with Crippen LogP contribution in [-0.2, 0) is 4.79 Å². The van der Waals surface area contributed by atoms with Gasteiger partial charge in [-0.15, -0.1) is 0 Å². The maximum atomic E-state index is 12.9. The highest BCUT2D eigenvalue weighted by Crippen LogP contribution is 2.56. The van der Waals surface area contributed by atoms with Crippen LogP contribution in [0.15, 0.2) is 24.3 Å². The van der Waals surface area contributed by atoms with E-state index < -0.39 is 5.41 Å². The molecule has 9 heteroatoms. The van der Waals surface area contributed by atoms with E-state index in [4.69, 9.17) is 11.6 Å². The number of rotatable bonds is 1. The summed E-state index contributed by atoms with van der Waals surface area (Å²) in [7, 11) is 3.47. The molecule has 0 bridgehead atoms. The standard InChI is InChI=1S/C21H28ClN5O3/c1-25(2)19(30)27-13-20(21(14-27)6-9-23-17(21)28)7-10-26(11-8-20)18(29)24-16-5-3-4-15(22)12-16/h3-5,12H,6-11,13-14H2,1-2H3,(H,23,28)(H,24,29). The van der Waals surface area contributed by atoms with Gasteiger partial charge in [0.1, 0.15) is 0 Å². The summed E-state index contributed by atoms with van der Waals surface area (Å²) in [5.74, 6) is 0.0494. The van der Waals surface area contributed by atoms with Crippen LogP contribution in [0.25, 0.3) is 0 Å². The minimum Gasteiger partial charge on any atom is -0.356 e. The van der Waals surface area contributed by atoms with Gasteiger partial charge in [0.05, 0.1) is 5.41 Å². The number of benzene rings is 1. The van der Waals surface area contributed by atoms with Gasteiger partial charge in [0.15, 0.2) is 0 Å². The Hall–Kier alpha value is -2.48. The molecular formula is C21H28ClN5O3. The fourth-order valence-electron chi connectivity index (χ4n) is 5.36. The number of hydrogen-bond donors (Lipinski definition) is 2. The number of carbonyl (C=O) groups excluding carboxylic acids is 3. The van der Waals surface area contributed by atoms with Gasteiger partial charge in [-0.2, -0.15) is 0 Å². The molecule has 3 fully saturated rings. The van der Waals surface area contributed by atoms with Gasteiger partial charge in [-0.1, -0.05) is 17.7 Å². The number of amides is 5. The number of nitrogens with zero attached hydrogens (tertiary/aromatic N) is 3. The highest BCUT2D eigenvalue weighted by Gasteiger charge is 2.64. The second kappa shape index (κ2) is 7.65. The smallest absolute Gasteiger partial charge is 0.321 e. The van der Waals surface area contributed by atoms with Crippen molar-refractivity contribution in [2.45, 2.75) is 19.3 Å². The Balaban J connectivity index is 1.49. The van der Waals surface area contributed by atoms with Crippen molar-refractivity contribution in [1.82, 2.24) is 20.0 Å². The molecule has 5 amide bonds. The second-order valence-corrected chi connectivity index (χ2v) is 9.27. The van der Waals surface area contributed by atoms with E-state index in [0.717, 1.165) is 6.42 Å². The Morgan fingerprint density at radius 3 is 2.47 bits per heavy atom. The lowest BCUT2D eigenvalue weighted by molar-refractivity contribution is -0.133. The van der Waals surface area contributed by atoms with Crippen molar-refractivity contribution in [2.75, 3.05) is 52.1 Å². The number of carbonyl (C=O) groups is 3. The average molecular weight is 434 g/mol. The van der Waals surface area contributed by atoms with Gasteiger partial charge >= 0.3 is 12.1 Å². The molecule has 0 saturated carbocycles. The minimum atomic E-state index is -0.561. The largest absolute Gasteiger partial charge is 0.356 e. The van der Waals surface area contributed by atoms with Crippen molar-refractivity contribution in [2.24, 2.45) is 10.8 Å². The van der Waals surface area contributed by atoms with E-state index in [-0.39, 0.29) is 23.4 Å². The van der Waals surface area contributed by atoms with E-state index in [2.05, 4.69) is 10.6 Å². The molecule has 2 spiro atoms. The molecule has 3 aliphatic rings. The van der Waals surface area contributed by atoms with Crippen LogP contribution in [0.2, 0.25) is 5.02 Å². The second-order valence-electron chi connectivity index (χ2n) is 8.83. The Morgan fingerprint density at radius 1 is 1.13 bits per heavy atom. The lowest BCUT2D eigenvalue weighted by Gasteiger charge is -2.46. The van der Waals surface area contributed by atoms with Crippen molar-refractivity contribution in [3.8, 4) is 0 Å². The molecule has 1 aromatic rings. The summed E-state index contributed by atoms with van der Waals surface area (Å²) in [5.41, 5.74) is -0.205. The van der Waals surface area contributed by atoms with Gasteiger partial charge in [0.2, 0.25) is 5.91 Å². The van der Waals surface area contributed by atoms with Gasteiger partial charge in [-0.05, 0) is 37.5 Å². The van der Waals surface area contributed by atoms with Crippen molar-refractivity contribution in [3.63, 3.8) is 0 Å². The van der Waals surface area contributed by atoms with E-state index >= 15 is 0 Å². The highest BCUT2D eigenvalue weighted by atomic mass is 35.5. The summed E-state index contributed by atoms with van der Waals surface area (Å²) in [4.78, 5) is 43.5. The van der Waals surface area contributed by atoms with Crippen LogP contribution in [0.3, 0.4) is 0 Å². The normalized spacial score (nSPS) is 25.0. The monoisotopic (exact) mass is 433 g/mol. The summed E-state index contributed by atoms with van der Waals surface area (Å²) in [6.07, 6.45) is 2.12. The van der Waals surface area contributed by atoms with Crippen molar-refractivity contribution in [1.29, 1.82) is 0 Å². The number of hydrogen-bond acceptors (Lipinski definition) is 3. The first-order chi connectivity index (χ1) is 14.3. The molecule has 3 aliphatic heterocycles. The van der Waals surface area contributed by atoms with Crippen LogP contribution in [0.4, 0.5) is 15.3 Å². The lowest BCUT2D eigenvalue weighted by Crippen LogP contribution is -2.53. The third-order valence-corrected chi connectivity index (χ3v) is 7.21. The van der Waals surface area contributed by atoms with Crippen molar-refractivity contribution >= 4 is 35.3 Å². The zero-order chi connectivity index (χ0) is 21.5. The van der Waals surface area contributed by atoms with E-state index in [1.165, 1.54) is 0 Å². The van der Waals surface area contributed by atoms with E-state index in [9.17, 15) is 14.4 Å². The van der Waals surface area contributed by atoms with Gasteiger partial charge in [0, 0.05) is 62.9 Å². The summed E-state index contributed by atoms with van der Waals surface area (Å²) in [5, 5.41) is 6.45. The number of urea groups is 2. The summed E-state index contributed by atoms with van der Waals surface area (Å²) >= 11 is 6.00. The van der Waals surface area contributed by atoms with Crippen LogP contribution in [0, 0.1) is 10.8 Å². The number of likely N-dealkylation sites (tertiary alicyclic amines) is 2. The molecule has 1 aromatic carbocycles. The Kier molecular flexibility index (Phi) is 5.30. The fraction of sp³-hybridized carbons (Fsp3) is 0.571. The molecule has 2 N–H and O–H groups in total. The number of halogens is 1. The lowest BCUT2D eigenvalue weighted by atomic mass is 9.60. The quantitative estimate of drug-likeness (QED) is 0.713. The van der Waals surface area contributed by atoms with Gasteiger partial charge < -0.3 is 25.3 Å². The van der Waals surface area contributed by atoms with E-state index in [1.54, 1.807) is 48.2 Å². The Labute approximate surface area is 181 Å². The first-order valence-electron chi connectivity index (χ1n) is 10.3. The first-order valence-corrected chi connectivity index (χ1v) is 10.7. The molecule has 0 aromatic heterocycles. The van der Waals surface area contributed by atoms with Crippen LogP contribution in [-0.4, -0.2) is 79.5 Å². The number of nitrogens with one attached hydrogen (secondary N) is 2. The van der Waals surface area contributed by atoms with Crippen LogP contribution in [0.5, 0.6) is 0 Å². The average Bonchev–Trinajstić information content (AvgIpc) is 3.23. The molecule has 0 radical (unpaired) electrons. The molecule has 3 saturated heterocycles. The van der Waals surface area contributed by atoms with Crippen molar-refractivity contribution < 1.29 is 14.4 Å². The van der Waals surface area contributed by atoms with Gasteiger partial charge in [0.25, 0.3) is 0 Å². The topological polar surface area (TPSA) is 85.0 Å². The Bertz CT molecular complexity index is 868. The Morgan fingerprint density at radius 2 is 1.87 bits per heavy atom. The zero-order valence-corrected chi connectivity index (χ0v) is 18.2. The van der Waals surface area contributed by atoms with Crippen molar-refractivity contribution in [3.05, 3.63) is 29.3 Å². The molecule has 162 valence electrons. The summed E-state index contributed by atoms with van der Waals surface area (Å²) < 4.78 is 0. The van der Waals surface area contributed by atoms with Gasteiger partial charge in [-0.25, -0.2) is 9.59 Å². The number of piperidine rings is 1. The molecule has 8 nitrogen and oxygen atoms in total. The van der Waals surface area contributed by atoms with Gasteiger partial charge in [-0.3, -0.25) is 4.79 Å². The molecule has 1 unspecified atom stereocenters. The number of anilines is 1. The SMILES string of the molecule is CN(C)C(=O)N1CC2(CCN(C(=O)Nc3cccc(Cl)c3)CC2)C2(CCNC2=O)C1. The molecule has 1 atom stereocenters. The molecule has 3 heterocycles. The highest BCUT2D eigenvalue weighted by molar-refractivity contribution is 6.30. The number of fused-ring (bicyclic) bond motifs is 1. The summed E-state index contributed by atoms with van der Waals surface area (Å²) in [6.45, 7) is 2.74. The fourth-order valence-corrected chi connectivity index (χ4v) is 5.55. The third-order valence-electron chi connectivity index (χ3n) is 6.98. The van der Waals surface area contributed by atoms with Crippen LogP contribution in [0.1, 0.15) is 19.3 Å². The molecule has 30 heavy (non-hydrogen) atoms. The predicted molar refractivity (Wildman–Crippen MR) is 114 cm³/mol. The molecule has 0 aliphatic carbocycles.